The molecule has 0 amide bonds. The van der Waals surface area contributed by atoms with Gasteiger partial charge in [-0.05, 0) is 54.9 Å². The van der Waals surface area contributed by atoms with Crippen molar-refractivity contribution in [2.45, 2.75) is 43.7 Å². The van der Waals surface area contributed by atoms with Gasteiger partial charge in [-0.3, -0.25) is 4.79 Å². The Morgan fingerprint density at radius 3 is 2.53 bits per heavy atom. The molecule has 1 aromatic carbocycles. The summed E-state index contributed by atoms with van der Waals surface area (Å²) in [4.78, 5) is 21.6. The van der Waals surface area contributed by atoms with Gasteiger partial charge in [-0.25, -0.2) is 15.0 Å². The van der Waals surface area contributed by atoms with Crippen molar-refractivity contribution in [3.05, 3.63) is 48.0 Å². The van der Waals surface area contributed by atoms with Crippen LogP contribution >= 0.6 is 0 Å². The Balaban J connectivity index is 0.000000687. The Labute approximate surface area is 175 Å². The molecular weight excluding hydrogens is 384 g/mol. The first-order valence-electron chi connectivity index (χ1n) is 10.0. The zero-order valence-electron chi connectivity index (χ0n) is 17.0. The molecule has 2 spiro atoms. The second-order valence-electron chi connectivity index (χ2n) is 8.10. The first-order chi connectivity index (χ1) is 14.6. The molecule has 1 fully saturated rings. The molecule has 1 atom stereocenters. The van der Waals surface area contributed by atoms with Gasteiger partial charge in [0.1, 0.15) is 18.5 Å². The van der Waals surface area contributed by atoms with Crippen LogP contribution in [0.25, 0.3) is 11.1 Å². The maximum atomic E-state index is 8.36. The minimum Gasteiger partial charge on any atom is -0.483 e. The van der Waals surface area contributed by atoms with E-state index in [9.17, 15) is 0 Å². The maximum absolute atomic E-state index is 8.36. The van der Waals surface area contributed by atoms with Crippen molar-refractivity contribution < 1.29 is 19.4 Å². The van der Waals surface area contributed by atoms with Crippen molar-refractivity contribution in [3.63, 3.8) is 0 Å². The van der Waals surface area contributed by atoms with Crippen LogP contribution in [0.5, 0.6) is 0 Å². The highest BCUT2D eigenvalue weighted by molar-refractivity contribution is 5.75. The zero-order chi connectivity index (χ0) is 21.2. The fourth-order valence-corrected chi connectivity index (χ4v) is 5.35. The van der Waals surface area contributed by atoms with E-state index >= 15 is 0 Å². The summed E-state index contributed by atoms with van der Waals surface area (Å²) in [5.41, 5.74) is 10.4. The first-order valence-corrected chi connectivity index (χ1v) is 10.0. The van der Waals surface area contributed by atoms with Gasteiger partial charge in [0.05, 0.1) is 6.10 Å². The molecule has 0 radical (unpaired) electrons. The van der Waals surface area contributed by atoms with Crippen molar-refractivity contribution >= 4 is 12.5 Å². The number of carboxylic acid groups (broad SMARTS) is 1. The van der Waals surface area contributed by atoms with Crippen molar-refractivity contribution in [2.24, 2.45) is 16.1 Å². The van der Waals surface area contributed by atoms with E-state index in [4.69, 9.17) is 30.1 Å². The molecule has 5 rings (SSSR count). The monoisotopic (exact) mass is 410 g/mol. The Morgan fingerprint density at radius 2 is 1.93 bits per heavy atom. The van der Waals surface area contributed by atoms with Crippen molar-refractivity contribution in [1.82, 2.24) is 9.97 Å². The SMILES string of the molecule is CO[C@H]1CC[C@]2(CC1)Cc1ccc(-c3cncnc3)cc1C21COC(N)=N1.O=CO. The van der Waals surface area contributed by atoms with Crippen LogP contribution in [0, 0.1) is 5.41 Å². The lowest BCUT2D eigenvalue weighted by Crippen LogP contribution is -2.46. The van der Waals surface area contributed by atoms with Gasteiger partial charge in [-0.1, -0.05) is 12.1 Å². The Morgan fingerprint density at radius 1 is 1.23 bits per heavy atom. The predicted octanol–water partition coefficient (Wildman–Crippen LogP) is 2.52. The van der Waals surface area contributed by atoms with E-state index in [-0.39, 0.29) is 11.9 Å². The van der Waals surface area contributed by atoms with Crippen LogP contribution in [0.15, 0.2) is 41.9 Å². The standard InChI is InChI=1S/C21H24N4O2.CH2O2/c1-26-17-4-6-20(7-5-17)9-15-3-2-14(16-10-23-13-24-11-16)8-18(15)21(20)12-27-19(22)25-21;2-1-3/h2-3,8,10-11,13,17H,4-7,9,12H2,1H3,(H2,22,25);1H,(H,2,3)/t17-,20-,21?;. The minimum absolute atomic E-state index is 0.0529. The lowest BCUT2D eigenvalue weighted by molar-refractivity contribution is -0.122. The number of nitrogens with zero attached hydrogens (tertiary/aromatic N) is 3. The van der Waals surface area contributed by atoms with Crippen LogP contribution in [0.2, 0.25) is 0 Å². The summed E-state index contributed by atoms with van der Waals surface area (Å²) in [5.74, 6) is 0. The number of amidine groups is 1. The molecule has 1 aliphatic heterocycles. The predicted molar refractivity (Wildman–Crippen MR) is 111 cm³/mol. The molecule has 1 aromatic heterocycles. The molecular formula is C22H26N4O4. The number of benzene rings is 1. The molecule has 0 saturated heterocycles. The first kappa shape index (κ1) is 20.3. The van der Waals surface area contributed by atoms with Crippen molar-refractivity contribution in [1.29, 1.82) is 0 Å². The third-order valence-electron chi connectivity index (χ3n) is 6.81. The lowest BCUT2D eigenvalue weighted by atomic mass is 9.62. The number of nitrogens with two attached hydrogens (primary N) is 1. The van der Waals surface area contributed by atoms with Crippen LogP contribution in [0.4, 0.5) is 0 Å². The van der Waals surface area contributed by atoms with E-state index < -0.39 is 5.54 Å². The van der Waals surface area contributed by atoms with Crippen LogP contribution in [-0.4, -0.2) is 47.4 Å². The highest BCUT2D eigenvalue weighted by Gasteiger charge is 2.61. The van der Waals surface area contributed by atoms with Crippen molar-refractivity contribution in [3.8, 4) is 11.1 Å². The zero-order valence-corrected chi connectivity index (χ0v) is 17.0. The van der Waals surface area contributed by atoms with E-state index in [1.54, 1.807) is 6.33 Å². The second kappa shape index (κ2) is 8.02. The smallest absolute Gasteiger partial charge is 0.290 e. The second-order valence-corrected chi connectivity index (χ2v) is 8.10. The molecule has 8 heteroatoms. The number of ether oxygens (including phenoxy) is 2. The molecule has 2 aliphatic carbocycles. The van der Waals surface area contributed by atoms with Crippen LogP contribution in [-0.2, 0) is 26.2 Å². The van der Waals surface area contributed by atoms with Crippen LogP contribution in [0.1, 0.15) is 36.8 Å². The minimum atomic E-state index is -0.392. The van der Waals surface area contributed by atoms with Gasteiger partial charge in [0.15, 0.2) is 0 Å². The number of hydrogen-bond acceptors (Lipinski definition) is 7. The molecule has 1 unspecified atom stereocenters. The van der Waals surface area contributed by atoms with E-state index in [0.29, 0.717) is 18.7 Å². The number of rotatable bonds is 2. The summed E-state index contributed by atoms with van der Waals surface area (Å²) in [7, 11) is 1.81. The molecule has 2 aromatic rings. The van der Waals surface area contributed by atoms with Gasteiger partial charge in [-0.15, -0.1) is 0 Å². The molecule has 8 nitrogen and oxygen atoms in total. The van der Waals surface area contributed by atoms with Gasteiger partial charge in [0.2, 0.25) is 0 Å². The molecule has 30 heavy (non-hydrogen) atoms. The molecule has 2 heterocycles. The van der Waals surface area contributed by atoms with Gasteiger partial charge in [-0.2, -0.15) is 0 Å². The van der Waals surface area contributed by atoms with Gasteiger partial charge in [0.25, 0.3) is 12.5 Å². The molecule has 1 saturated carbocycles. The molecule has 0 bridgehead atoms. The quantitative estimate of drug-likeness (QED) is 0.730. The van der Waals surface area contributed by atoms with E-state index in [1.165, 1.54) is 11.1 Å². The Bertz CT molecular complexity index is 941. The fraction of sp³-hybridized carbons (Fsp3) is 0.455. The summed E-state index contributed by atoms with van der Waals surface area (Å²) in [6.45, 7) is 0.276. The summed E-state index contributed by atoms with van der Waals surface area (Å²) in [6, 6.07) is 6.95. The number of hydrogen-bond donors (Lipinski definition) is 2. The average Bonchev–Trinajstić information content (AvgIpc) is 3.29. The van der Waals surface area contributed by atoms with Crippen molar-refractivity contribution in [2.75, 3.05) is 13.7 Å². The summed E-state index contributed by atoms with van der Waals surface area (Å²) in [5, 5.41) is 6.89. The summed E-state index contributed by atoms with van der Waals surface area (Å²) < 4.78 is 11.4. The third kappa shape index (κ3) is 3.21. The number of aliphatic imine (C=N–C) groups is 1. The lowest BCUT2D eigenvalue weighted by Gasteiger charge is -2.45. The van der Waals surface area contributed by atoms with Gasteiger partial charge >= 0.3 is 0 Å². The highest BCUT2D eigenvalue weighted by Crippen LogP contribution is 2.61. The Kier molecular flexibility index (Phi) is 5.42. The van der Waals surface area contributed by atoms with E-state index in [2.05, 4.69) is 28.2 Å². The fourth-order valence-electron chi connectivity index (χ4n) is 5.35. The van der Waals surface area contributed by atoms with Crippen LogP contribution < -0.4 is 5.73 Å². The summed E-state index contributed by atoms with van der Waals surface area (Å²) >= 11 is 0. The number of aromatic nitrogens is 2. The Hall–Kier alpha value is -3.00. The van der Waals surface area contributed by atoms with E-state index in [1.807, 2.05) is 19.5 Å². The third-order valence-corrected chi connectivity index (χ3v) is 6.81. The van der Waals surface area contributed by atoms with Gasteiger partial charge < -0.3 is 20.3 Å². The largest absolute Gasteiger partial charge is 0.483 e. The number of fused-ring (bicyclic) bond motifs is 3. The normalized spacial score (nSPS) is 29.0. The molecule has 3 N–H and O–H groups in total. The number of methoxy groups -OCH3 is 1. The molecule has 158 valence electrons. The topological polar surface area (TPSA) is 120 Å². The van der Waals surface area contributed by atoms with E-state index in [0.717, 1.165) is 43.2 Å². The molecule has 3 aliphatic rings. The maximum Gasteiger partial charge on any atom is 0.290 e. The summed E-state index contributed by atoms with van der Waals surface area (Å²) in [6.07, 6.45) is 10.9. The highest BCUT2D eigenvalue weighted by atomic mass is 16.5. The number of carbonyl (C=O) groups is 1. The average molecular weight is 410 g/mol. The van der Waals surface area contributed by atoms with Crippen LogP contribution in [0.3, 0.4) is 0 Å². The van der Waals surface area contributed by atoms with Gasteiger partial charge in [0, 0.05) is 30.5 Å².